The summed E-state index contributed by atoms with van der Waals surface area (Å²) in [5, 5.41) is 3.39. The fraction of sp³-hybridized carbons (Fsp3) is 0.364. The zero-order valence-corrected chi connectivity index (χ0v) is 15.8. The third kappa shape index (κ3) is 4.02. The van der Waals surface area contributed by atoms with Crippen molar-refractivity contribution in [3.8, 4) is 0 Å². The number of hydrogen-bond acceptors (Lipinski definition) is 4. The smallest absolute Gasteiger partial charge is 0.249 e. The maximum atomic E-state index is 13.2. The van der Waals surface area contributed by atoms with Crippen molar-refractivity contribution in [2.75, 3.05) is 43.1 Å². The Morgan fingerprint density at radius 2 is 1.68 bits per heavy atom. The fourth-order valence-corrected chi connectivity index (χ4v) is 3.72. The van der Waals surface area contributed by atoms with Crippen molar-refractivity contribution in [1.29, 1.82) is 0 Å². The Kier molecular flexibility index (Phi) is 5.58. The maximum absolute atomic E-state index is 13.2. The van der Waals surface area contributed by atoms with Crippen LogP contribution in [0.3, 0.4) is 0 Å². The van der Waals surface area contributed by atoms with Crippen LogP contribution in [0.5, 0.6) is 0 Å². The summed E-state index contributed by atoms with van der Waals surface area (Å²) < 4.78 is 5.38. The monoisotopic (exact) mass is 379 g/mol. The minimum Gasteiger partial charge on any atom is -0.378 e. The molecule has 146 valence electrons. The summed E-state index contributed by atoms with van der Waals surface area (Å²) in [4.78, 5) is 28.8. The maximum Gasteiger partial charge on any atom is 0.249 e. The zero-order chi connectivity index (χ0) is 19.3. The van der Waals surface area contributed by atoms with Crippen molar-refractivity contribution >= 4 is 23.2 Å². The van der Waals surface area contributed by atoms with E-state index < -0.39 is 6.04 Å². The molecule has 0 radical (unpaired) electrons. The van der Waals surface area contributed by atoms with Crippen molar-refractivity contribution < 1.29 is 14.3 Å². The van der Waals surface area contributed by atoms with Gasteiger partial charge in [-0.15, -0.1) is 0 Å². The third-order valence-corrected chi connectivity index (χ3v) is 5.27. The Hall–Kier alpha value is -2.86. The van der Waals surface area contributed by atoms with Crippen LogP contribution < -0.4 is 10.2 Å². The van der Waals surface area contributed by atoms with E-state index in [2.05, 4.69) is 5.32 Å². The van der Waals surface area contributed by atoms with E-state index in [1.165, 1.54) is 0 Å². The van der Waals surface area contributed by atoms with Crippen LogP contribution in [-0.2, 0) is 14.3 Å². The molecule has 1 atom stereocenters. The van der Waals surface area contributed by atoms with Crippen molar-refractivity contribution in [1.82, 2.24) is 4.90 Å². The van der Waals surface area contributed by atoms with E-state index in [0.717, 1.165) is 29.9 Å². The van der Waals surface area contributed by atoms with E-state index in [1.54, 1.807) is 0 Å². The Balaban J connectivity index is 1.53. The molecule has 28 heavy (non-hydrogen) atoms. The highest BCUT2D eigenvalue weighted by Crippen LogP contribution is 2.26. The van der Waals surface area contributed by atoms with Crippen molar-refractivity contribution in [3.63, 3.8) is 0 Å². The van der Waals surface area contributed by atoms with E-state index in [9.17, 15) is 9.59 Å². The van der Waals surface area contributed by atoms with Gasteiger partial charge in [0.2, 0.25) is 11.8 Å². The molecule has 2 aromatic carbocycles. The summed E-state index contributed by atoms with van der Waals surface area (Å²) in [5.74, 6) is 0.221. The lowest BCUT2D eigenvalue weighted by molar-refractivity contribution is -0.136. The van der Waals surface area contributed by atoms with Crippen LogP contribution in [0.1, 0.15) is 24.4 Å². The van der Waals surface area contributed by atoms with Crippen molar-refractivity contribution in [3.05, 3.63) is 60.2 Å². The second-order valence-electron chi connectivity index (χ2n) is 7.12. The molecule has 6 nitrogen and oxygen atoms in total. The quantitative estimate of drug-likeness (QED) is 0.868. The second-order valence-corrected chi connectivity index (χ2v) is 7.12. The third-order valence-electron chi connectivity index (χ3n) is 5.27. The zero-order valence-electron chi connectivity index (χ0n) is 15.8. The van der Waals surface area contributed by atoms with E-state index in [0.29, 0.717) is 32.7 Å². The Bertz CT molecular complexity index is 817. The normalized spacial score (nSPS) is 18.2. The summed E-state index contributed by atoms with van der Waals surface area (Å²) in [5.41, 5.74) is 2.69. The Labute approximate surface area is 165 Å². The molecule has 1 N–H and O–H groups in total. The van der Waals surface area contributed by atoms with Gasteiger partial charge in [0, 0.05) is 37.4 Å². The highest BCUT2D eigenvalue weighted by Gasteiger charge is 2.27. The molecule has 0 aliphatic carbocycles. The number of nitrogens with one attached hydrogen (secondary N) is 1. The average Bonchev–Trinajstić information content (AvgIpc) is 3.19. The molecular formula is C22H25N3O3. The lowest BCUT2D eigenvalue weighted by Crippen LogP contribution is -2.44. The van der Waals surface area contributed by atoms with Gasteiger partial charge in [-0.2, -0.15) is 0 Å². The molecule has 0 saturated carbocycles. The number of amides is 2. The number of carbonyl (C=O) groups excluding carboxylic acids is 2. The van der Waals surface area contributed by atoms with Crippen molar-refractivity contribution in [2.24, 2.45) is 0 Å². The van der Waals surface area contributed by atoms with Crippen LogP contribution in [0.4, 0.5) is 11.4 Å². The van der Waals surface area contributed by atoms with Gasteiger partial charge in [0.25, 0.3) is 0 Å². The fourth-order valence-electron chi connectivity index (χ4n) is 3.72. The molecule has 0 unspecified atom stereocenters. The van der Waals surface area contributed by atoms with E-state index in [4.69, 9.17) is 4.74 Å². The first-order valence-electron chi connectivity index (χ1n) is 9.81. The molecule has 2 amide bonds. The first kappa shape index (κ1) is 18.5. The summed E-state index contributed by atoms with van der Waals surface area (Å²) in [7, 11) is 0. The first-order valence-corrected chi connectivity index (χ1v) is 9.81. The minimum atomic E-state index is -0.460. The van der Waals surface area contributed by atoms with Gasteiger partial charge in [0.15, 0.2) is 0 Å². The lowest BCUT2D eigenvalue weighted by Gasteiger charge is -2.31. The van der Waals surface area contributed by atoms with Gasteiger partial charge in [-0.1, -0.05) is 30.3 Å². The summed E-state index contributed by atoms with van der Waals surface area (Å²) in [6.45, 7) is 3.14. The van der Waals surface area contributed by atoms with Crippen LogP contribution in [0.25, 0.3) is 0 Å². The van der Waals surface area contributed by atoms with E-state index >= 15 is 0 Å². The van der Waals surface area contributed by atoms with Crippen molar-refractivity contribution in [2.45, 2.75) is 18.9 Å². The number of nitrogens with zero attached hydrogens (tertiary/aromatic N) is 2. The molecule has 2 aliphatic rings. The van der Waals surface area contributed by atoms with Crippen LogP contribution in [0.2, 0.25) is 0 Å². The molecule has 4 rings (SSSR count). The topological polar surface area (TPSA) is 61.9 Å². The molecule has 2 heterocycles. The van der Waals surface area contributed by atoms with Gasteiger partial charge in [0.05, 0.1) is 13.2 Å². The molecule has 6 heteroatoms. The van der Waals surface area contributed by atoms with Crippen LogP contribution >= 0.6 is 0 Å². The second kappa shape index (κ2) is 8.44. The SMILES string of the molecule is O=C([C@H](Nc1ccc(N2CCCC2=O)cc1)c1ccccc1)N1CCOCC1. The van der Waals surface area contributed by atoms with E-state index in [1.807, 2.05) is 64.4 Å². The predicted octanol–water partition coefficient (Wildman–Crippen LogP) is 2.83. The number of benzene rings is 2. The molecule has 0 bridgehead atoms. The highest BCUT2D eigenvalue weighted by atomic mass is 16.5. The molecular weight excluding hydrogens is 354 g/mol. The molecule has 0 aromatic heterocycles. The summed E-state index contributed by atoms with van der Waals surface area (Å²) in [6.07, 6.45) is 1.52. The number of ether oxygens (including phenoxy) is 1. The summed E-state index contributed by atoms with van der Waals surface area (Å²) in [6, 6.07) is 17.0. The Morgan fingerprint density at radius 3 is 2.32 bits per heavy atom. The average molecular weight is 379 g/mol. The summed E-state index contributed by atoms with van der Waals surface area (Å²) >= 11 is 0. The number of morpholine rings is 1. The number of rotatable bonds is 5. The molecule has 2 fully saturated rings. The lowest BCUT2D eigenvalue weighted by atomic mass is 10.0. The number of anilines is 2. The van der Waals surface area contributed by atoms with Gasteiger partial charge >= 0.3 is 0 Å². The van der Waals surface area contributed by atoms with Gasteiger partial charge in [0.1, 0.15) is 6.04 Å². The predicted molar refractivity (Wildman–Crippen MR) is 108 cm³/mol. The standard InChI is InChI=1S/C22H25N3O3/c26-20-7-4-12-25(20)19-10-8-18(9-11-19)23-21(17-5-2-1-3-6-17)22(27)24-13-15-28-16-14-24/h1-3,5-6,8-11,21,23H,4,7,12-16H2/t21-/m1/s1. The van der Waals surface area contributed by atoms with Crippen LogP contribution in [0.15, 0.2) is 54.6 Å². The van der Waals surface area contributed by atoms with Gasteiger partial charge in [-0.25, -0.2) is 0 Å². The van der Waals surface area contributed by atoms with Crippen LogP contribution in [0, 0.1) is 0 Å². The Morgan fingerprint density at radius 1 is 0.964 bits per heavy atom. The number of carbonyl (C=O) groups is 2. The molecule has 2 aliphatic heterocycles. The first-order chi connectivity index (χ1) is 13.7. The highest BCUT2D eigenvalue weighted by molar-refractivity contribution is 5.95. The largest absolute Gasteiger partial charge is 0.378 e. The minimum absolute atomic E-state index is 0.0493. The molecule has 2 aromatic rings. The van der Waals surface area contributed by atoms with Gasteiger partial charge < -0.3 is 19.9 Å². The van der Waals surface area contributed by atoms with Gasteiger partial charge in [-0.05, 0) is 36.2 Å². The molecule has 2 saturated heterocycles. The van der Waals surface area contributed by atoms with Gasteiger partial charge in [-0.3, -0.25) is 9.59 Å². The number of hydrogen-bond donors (Lipinski definition) is 1. The van der Waals surface area contributed by atoms with Crippen LogP contribution in [-0.4, -0.2) is 49.6 Å². The van der Waals surface area contributed by atoms with E-state index in [-0.39, 0.29) is 11.8 Å². The molecule has 0 spiro atoms.